The zero-order valence-electron chi connectivity index (χ0n) is 11.7. The van der Waals surface area contributed by atoms with Crippen molar-refractivity contribution in [3.8, 4) is 0 Å². The zero-order chi connectivity index (χ0) is 13.2. The molecule has 1 saturated heterocycles. The Morgan fingerprint density at radius 2 is 2.17 bits per heavy atom. The SMILES string of the molecule is CC1CNCCN1c1cc(NC(C)(C)C)ncn1. The Hall–Kier alpha value is -1.36. The second kappa shape index (κ2) is 5.10. The van der Waals surface area contributed by atoms with E-state index in [1.807, 2.05) is 6.07 Å². The van der Waals surface area contributed by atoms with E-state index in [1.54, 1.807) is 6.33 Å². The summed E-state index contributed by atoms with van der Waals surface area (Å²) in [4.78, 5) is 11.0. The molecule has 2 N–H and O–H groups in total. The molecule has 0 radical (unpaired) electrons. The van der Waals surface area contributed by atoms with Crippen molar-refractivity contribution in [2.75, 3.05) is 29.9 Å². The molecule has 2 heterocycles. The maximum Gasteiger partial charge on any atom is 0.134 e. The Bertz CT molecular complexity index is 399. The quantitative estimate of drug-likeness (QED) is 0.831. The maximum atomic E-state index is 4.39. The van der Waals surface area contributed by atoms with Crippen molar-refractivity contribution in [2.24, 2.45) is 0 Å². The van der Waals surface area contributed by atoms with Crippen LogP contribution in [0, 0.1) is 0 Å². The smallest absolute Gasteiger partial charge is 0.134 e. The van der Waals surface area contributed by atoms with Crippen molar-refractivity contribution in [1.29, 1.82) is 0 Å². The van der Waals surface area contributed by atoms with Crippen molar-refractivity contribution in [2.45, 2.75) is 39.3 Å². The van der Waals surface area contributed by atoms with E-state index in [0.717, 1.165) is 31.3 Å². The van der Waals surface area contributed by atoms with Crippen LogP contribution in [0.4, 0.5) is 11.6 Å². The summed E-state index contributed by atoms with van der Waals surface area (Å²) >= 11 is 0. The summed E-state index contributed by atoms with van der Waals surface area (Å²) in [7, 11) is 0. The molecule has 18 heavy (non-hydrogen) atoms. The van der Waals surface area contributed by atoms with Crippen LogP contribution < -0.4 is 15.5 Å². The fourth-order valence-electron chi connectivity index (χ4n) is 2.14. The molecule has 100 valence electrons. The third-order valence-electron chi connectivity index (χ3n) is 2.95. The second-order valence-corrected chi connectivity index (χ2v) is 5.88. The number of hydrogen-bond donors (Lipinski definition) is 2. The van der Waals surface area contributed by atoms with Crippen LogP contribution in [0.25, 0.3) is 0 Å². The van der Waals surface area contributed by atoms with Gasteiger partial charge in [0.2, 0.25) is 0 Å². The molecular formula is C13H23N5. The van der Waals surface area contributed by atoms with E-state index >= 15 is 0 Å². The molecule has 1 aromatic rings. The first kappa shape index (κ1) is 13.1. The number of aromatic nitrogens is 2. The summed E-state index contributed by atoms with van der Waals surface area (Å²) in [6, 6.07) is 2.50. The van der Waals surface area contributed by atoms with Crippen LogP contribution in [-0.2, 0) is 0 Å². The first-order valence-electron chi connectivity index (χ1n) is 6.53. The lowest BCUT2D eigenvalue weighted by molar-refractivity contribution is 0.497. The Labute approximate surface area is 109 Å². The van der Waals surface area contributed by atoms with Crippen LogP contribution >= 0.6 is 0 Å². The lowest BCUT2D eigenvalue weighted by atomic mass is 10.1. The van der Waals surface area contributed by atoms with Gasteiger partial charge >= 0.3 is 0 Å². The first-order valence-corrected chi connectivity index (χ1v) is 6.53. The molecule has 0 aromatic carbocycles. The Morgan fingerprint density at radius 3 is 2.83 bits per heavy atom. The second-order valence-electron chi connectivity index (χ2n) is 5.88. The van der Waals surface area contributed by atoms with Gasteiger partial charge in [0, 0.05) is 37.3 Å². The van der Waals surface area contributed by atoms with Gasteiger partial charge in [-0.2, -0.15) is 0 Å². The molecule has 5 nitrogen and oxygen atoms in total. The molecule has 0 aliphatic carbocycles. The van der Waals surface area contributed by atoms with E-state index in [-0.39, 0.29) is 5.54 Å². The molecule has 5 heteroatoms. The van der Waals surface area contributed by atoms with Gasteiger partial charge in [-0.3, -0.25) is 0 Å². The third kappa shape index (κ3) is 3.32. The molecule has 1 fully saturated rings. The first-order chi connectivity index (χ1) is 8.46. The summed E-state index contributed by atoms with van der Waals surface area (Å²) in [6.45, 7) is 11.6. The number of rotatable bonds is 2. The number of nitrogens with one attached hydrogen (secondary N) is 2. The summed E-state index contributed by atoms with van der Waals surface area (Å²) in [5.41, 5.74) is 0.0146. The van der Waals surface area contributed by atoms with E-state index in [4.69, 9.17) is 0 Å². The highest BCUT2D eigenvalue weighted by atomic mass is 15.3. The molecule has 1 aliphatic rings. The Balaban J connectivity index is 2.16. The molecule has 0 saturated carbocycles. The van der Waals surface area contributed by atoms with Crippen LogP contribution in [0.1, 0.15) is 27.7 Å². The van der Waals surface area contributed by atoms with Crippen LogP contribution in [0.2, 0.25) is 0 Å². The topological polar surface area (TPSA) is 53.1 Å². The van der Waals surface area contributed by atoms with Gasteiger partial charge < -0.3 is 15.5 Å². The van der Waals surface area contributed by atoms with Gasteiger partial charge in [0.05, 0.1) is 0 Å². The average Bonchev–Trinajstić information content (AvgIpc) is 2.27. The average molecular weight is 249 g/mol. The van der Waals surface area contributed by atoms with Gasteiger partial charge in [0.25, 0.3) is 0 Å². The number of piperazine rings is 1. The summed E-state index contributed by atoms with van der Waals surface area (Å²) in [5.74, 6) is 1.89. The van der Waals surface area contributed by atoms with E-state index in [9.17, 15) is 0 Å². The van der Waals surface area contributed by atoms with Gasteiger partial charge in [-0.1, -0.05) is 0 Å². The van der Waals surface area contributed by atoms with Crippen LogP contribution in [0.3, 0.4) is 0 Å². The molecular weight excluding hydrogens is 226 g/mol. The predicted molar refractivity (Wildman–Crippen MR) is 75.1 cm³/mol. The van der Waals surface area contributed by atoms with E-state index in [2.05, 4.69) is 53.2 Å². The van der Waals surface area contributed by atoms with Gasteiger partial charge in [-0.25, -0.2) is 9.97 Å². The normalized spacial score (nSPS) is 20.9. The Kier molecular flexibility index (Phi) is 3.71. The minimum atomic E-state index is 0.0146. The lowest BCUT2D eigenvalue weighted by Gasteiger charge is -2.35. The fourth-order valence-corrected chi connectivity index (χ4v) is 2.14. The highest BCUT2D eigenvalue weighted by molar-refractivity contribution is 5.50. The van der Waals surface area contributed by atoms with Crippen molar-refractivity contribution in [1.82, 2.24) is 15.3 Å². The monoisotopic (exact) mass is 249 g/mol. The van der Waals surface area contributed by atoms with Crippen LogP contribution in [-0.4, -0.2) is 41.2 Å². The van der Waals surface area contributed by atoms with Gasteiger partial charge in [-0.05, 0) is 27.7 Å². The van der Waals surface area contributed by atoms with E-state index < -0.39 is 0 Å². The van der Waals surface area contributed by atoms with E-state index in [0.29, 0.717) is 6.04 Å². The predicted octanol–water partition coefficient (Wildman–Crippen LogP) is 1.49. The molecule has 2 rings (SSSR count). The summed E-state index contributed by atoms with van der Waals surface area (Å²) < 4.78 is 0. The van der Waals surface area contributed by atoms with Crippen LogP contribution in [0.5, 0.6) is 0 Å². The zero-order valence-corrected chi connectivity index (χ0v) is 11.7. The number of hydrogen-bond acceptors (Lipinski definition) is 5. The highest BCUT2D eigenvalue weighted by Crippen LogP contribution is 2.19. The van der Waals surface area contributed by atoms with Gasteiger partial charge in [-0.15, -0.1) is 0 Å². The Morgan fingerprint density at radius 1 is 1.39 bits per heavy atom. The largest absolute Gasteiger partial charge is 0.365 e. The summed E-state index contributed by atoms with van der Waals surface area (Å²) in [5, 5.41) is 6.77. The van der Waals surface area contributed by atoms with Gasteiger partial charge in [0.1, 0.15) is 18.0 Å². The third-order valence-corrected chi connectivity index (χ3v) is 2.95. The van der Waals surface area contributed by atoms with Crippen molar-refractivity contribution in [3.05, 3.63) is 12.4 Å². The minimum absolute atomic E-state index is 0.0146. The van der Waals surface area contributed by atoms with Crippen LogP contribution in [0.15, 0.2) is 12.4 Å². The van der Waals surface area contributed by atoms with Crippen molar-refractivity contribution in [3.63, 3.8) is 0 Å². The fraction of sp³-hybridized carbons (Fsp3) is 0.692. The molecule has 0 spiro atoms. The molecule has 1 aliphatic heterocycles. The number of nitrogens with zero attached hydrogens (tertiary/aromatic N) is 3. The molecule has 1 aromatic heterocycles. The minimum Gasteiger partial charge on any atom is -0.365 e. The number of anilines is 2. The standard InChI is InChI=1S/C13H23N5/c1-10-8-14-5-6-18(10)12-7-11(15-9-16-12)17-13(2,3)4/h7,9-10,14H,5-6,8H2,1-4H3,(H,15,16,17). The lowest BCUT2D eigenvalue weighted by Crippen LogP contribution is -2.50. The highest BCUT2D eigenvalue weighted by Gasteiger charge is 2.20. The van der Waals surface area contributed by atoms with E-state index in [1.165, 1.54) is 0 Å². The summed E-state index contributed by atoms with van der Waals surface area (Å²) in [6.07, 6.45) is 1.64. The van der Waals surface area contributed by atoms with Crippen molar-refractivity contribution >= 4 is 11.6 Å². The maximum absolute atomic E-state index is 4.39. The molecule has 1 unspecified atom stereocenters. The van der Waals surface area contributed by atoms with Crippen molar-refractivity contribution < 1.29 is 0 Å². The molecule has 0 amide bonds. The van der Waals surface area contributed by atoms with Gasteiger partial charge in [0.15, 0.2) is 0 Å². The molecule has 1 atom stereocenters. The molecule has 0 bridgehead atoms.